The number of benzene rings is 1. The Morgan fingerprint density at radius 2 is 1.50 bits per heavy atom. The van der Waals surface area contributed by atoms with Crippen LogP contribution in [-0.2, 0) is 15.9 Å². The molecule has 136 valence electrons. The third-order valence-corrected chi connectivity index (χ3v) is 5.02. The molecule has 0 saturated carbocycles. The van der Waals surface area contributed by atoms with Gasteiger partial charge < -0.3 is 9.47 Å². The summed E-state index contributed by atoms with van der Waals surface area (Å²) >= 11 is 0. The summed E-state index contributed by atoms with van der Waals surface area (Å²) in [5, 5.41) is 0. The van der Waals surface area contributed by atoms with Crippen LogP contribution in [0.5, 0.6) is 0 Å². The van der Waals surface area contributed by atoms with Gasteiger partial charge in [0.05, 0.1) is 19.3 Å². The molecule has 0 radical (unpaired) electrons. The summed E-state index contributed by atoms with van der Waals surface area (Å²) in [7, 11) is 0. The first-order chi connectivity index (χ1) is 11.8. The van der Waals surface area contributed by atoms with Crippen LogP contribution >= 0.6 is 0 Å². The van der Waals surface area contributed by atoms with Crippen LogP contribution in [0.1, 0.15) is 88.9 Å². The Balaban J connectivity index is 1.68. The van der Waals surface area contributed by atoms with Gasteiger partial charge in [-0.25, -0.2) is 0 Å². The van der Waals surface area contributed by atoms with Gasteiger partial charge in [0.1, 0.15) is 6.10 Å². The highest BCUT2D eigenvalue weighted by Crippen LogP contribution is 2.25. The van der Waals surface area contributed by atoms with Crippen LogP contribution in [0.25, 0.3) is 0 Å². The van der Waals surface area contributed by atoms with Crippen LogP contribution < -0.4 is 0 Å². The minimum absolute atomic E-state index is 0.117. The number of aryl methyl sites for hydroxylation is 1. The summed E-state index contributed by atoms with van der Waals surface area (Å²) in [4.78, 5) is 0. The summed E-state index contributed by atoms with van der Waals surface area (Å²) in [6.45, 7) is 5.96. The Hall–Kier alpha value is -0.860. The minimum Gasteiger partial charge on any atom is -0.373 e. The molecule has 1 heterocycles. The normalized spacial score (nSPS) is 21.1. The smallest absolute Gasteiger partial charge is 0.106 e. The Kier molecular flexibility index (Phi) is 9.45. The van der Waals surface area contributed by atoms with Gasteiger partial charge in [0, 0.05) is 0 Å². The molecule has 1 aromatic rings. The zero-order valence-corrected chi connectivity index (χ0v) is 15.8. The predicted octanol–water partition coefficient (Wildman–Crippen LogP) is 6.24. The van der Waals surface area contributed by atoms with Crippen molar-refractivity contribution in [1.82, 2.24) is 0 Å². The Labute approximate surface area is 148 Å². The van der Waals surface area contributed by atoms with E-state index in [1.54, 1.807) is 0 Å². The second-order valence-electron chi connectivity index (χ2n) is 7.18. The van der Waals surface area contributed by atoms with Crippen molar-refractivity contribution in [2.45, 2.75) is 90.3 Å². The standard InChI is InChI=1S/C22H36O2/c1-3-5-7-9-11-19-13-15-20(16-14-19)22-18-23-21(17-24-22)12-10-8-6-4-2/h13-16,21-22H,3-12,17-18H2,1-2H3/t21-,22-/m0/s1. The third kappa shape index (κ3) is 6.94. The maximum absolute atomic E-state index is 6.06. The van der Waals surface area contributed by atoms with E-state index >= 15 is 0 Å². The van der Waals surface area contributed by atoms with E-state index < -0.39 is 0 Å². The molecule has 1 saturated heterocycles. The molecule has 24 heavy (non-hydrogen) atoms. The van der Waals surface area contributed by atoms with E-state index in [-0.39, 0.29) is 6.10 Å². The number of hydrogen-bond donors (Lipinski definition) is 0. The molecule has 0 amide bonds. The van der Waals surface area contributed by atoms with E-state index in [1.165, 1.54) is 68.9 Å². The fourth-order valence-corrected chi connectivity index (χ4v) is 3.36. The van der Waals surface area contributed by atoms with Crippen molar-refractivity contribution in [3.05, 3.63) is 35.4 Å². The van der Waals surface area contributed by atoms with Crippen LogP contribution in [-0.4, -0.2) is 19.3 Å². The highest BCUT2D eigenvalue weighted by Gasteiger charge is 2.23. The maximum atomic E-state index is 6.06. The highest BCUT2D eigenvalue weighted by molar-refractivity contribution is 5.24. The van der Waals surface area contributed by atoms with Gasteiger partial charge in [0.25, 0.3) is 0 Å². The monoisotopic (exact) mass is 332 g/mol. The van der Waals surface area contributed by atoms with E-state index in [4.69, 9.17) is 9.47 Å². The van der Waals surface area contributed by atoms with E-state index in [9.17, 15) is 0 Å². The van der Waals surface area contributed by atoms with Gasteiger partial charge >= 0.3 is 0 Å². The first-order valence-electron chi connectivity index (χ1n) is 10.2. The molecule has 0 bridgehead atoms. The minimum atomic E-state index is 0.117. The van der Waals surface area contributed by atoms with Gasteiger partial charge in [-0.2, -0.15) is 0 Å². The average molecular weight is 333 g/mol. The molecule has 2 nitrogen and oxygen atoms in total. The maximum Gasteiger partial charge on any atom is 0.106 e. The van der Waals surface area contributed by atoms with Crippen molar-refractivity contribution in [1.29, 1.82) is 0 Å². The van der Waals surface area contributed by atoms with Gasteiger partial charge in [-0.3, -0.25) is 0 Å². The van der Waals surface area contributed by atoms with Gasteiger partial charge in [0.15, 0.2) is 0 Å². The van der Waals surface area contributed by atoms with Crippen molar-refractivity contribution >= 4 is 0 Å². The average Bonchev–Trinajstić information content (AvgIpc) is 2.64. The SMILES string of the molecule is CCCCCCc1ccc([C@@H]2CO[C@@H](CCCCCC)CO2)cc1. The number of unbranched alkanes of at least 4 members (excludes halogenated alkanes) is 6. The molecule has 0 unspecified atom stereocenters. The van der Waals surface area contributed by atoms with Crippen LogP contribution in [0.4, 0.5) is 0 Å². The first-order valence-corrected chi connectivity index (χ1v) is 10.2. The van der Waals surface area contributed by atoms with Crippen LogP contribution in [0, 0.1) is 0 Å². The summed E-state index contributed by atoms with van der Waals surface area (Å²) in [6.07, 6.45) is 13.3. The molecule has 2 heteroatoms. The lowest BCUT2D eigenvalue weighted by Crippen LogP contribution is -2.31. The topological polar surface area (TPSA) is 18.5 Å². The number of rotatable bonds is 11. The molecular formula is C22H36O2. The second kappa shape index (κ2) is 11.7. The fraction of sp³-hybridized carbons (Fsp3) is 0.727. The van der Waals surface area contributed by atoms with E-state index in [0.29, 0.717) is 12.7 Å². The zero-order valence-electron chi connectivity index (χ0n) is 15.8. The molecule has 0 aromatic heterocycles. The Morgan fingerprint density at radius 1 is 0.792 bits per heavy atom. The van der Waals surface area contributed by atoms with Crippen LogP contribution in [0.3, 0.4) is 0 Å². The lowest BCUT2D eigenvalue weighted by molar-refractivity contribution is -0.137. The Morgan fingerprint density at radius 3 is 2.12 bits per heavy atom. The highest BCUT2D eigenvalue weighted by atomic mass is 16.6. The predicted molar refractivity (Wildman–Crippen MR) is 101 cm³/mol. The van der Waals surface area contributed by atoms with Crippen molar-refractivity contribution in [3.63, 3.8) is 0 Å². The van der Waals surface area contributed by atoms with Crippen molar-refractivity contribution < 1.29 is 9.47 Å². The third-order valence-electron chi connectivity index (χ3n) is 5.02. The van der Waals surface area contributed by atoms with E-state index in [2.05, 4.69) is 38.1 Å². The Bertz CT molecular complexity index is 418. The molecule has 0 spiro atoms. The molecule has 0 N–H and O–H groups in total. The fourth-order valence-electron chi connectivity index (χ4n) is 3.36. The van der Waals surface area contributed by atoms with Crippen molar-refractivity contribution in [2.24, 2.45) is 0 Å². The summed E-state index contributed by atoms with van der Waals surface area (Å²) < 4.78 is 12.1. The molecule has 1 aromatic carbocycles. The number of ether oxygens (including phenoxy) is 2. The van der Waals surface area contributed by atoms with Crippen LogP contribution in [0.2, 0.25) is 0 Å². The summed E-state index contributed by atoms with van der Waals surface area (Å²) in [5.74, 6) is 0. The van der Waals surface area contributed by atoms with Crippen LogP contribution in [0.15, 0.2) is 24.3 Å². The lowest BCUT2D eigenvalue weighted by atomic mass is 10.0. The van der Waals surface area contributed by atoms with Gasteiger partial charge in [-0.1, -0.05) is 83.1 Å². The molecule has 1 fully saturated rings. The lowest BCUT2D eigenvalue weighted by Gasteiger charge is -2.30. The zero-order chi connectivity index (χ0) is 17.0. The molecule has 1 aliphatic heterocycles. The van der Waals surface area contributed by atoms with Gasteiger partial charge in [-0.15, -0.1) is 0 Å². The molecule has 2 rings (SSSR count). The first kappa shape index (κ1) is 19.5. The van der Waals surface area contributed by atoms with Gasteiger partial charge in [-0.05, 0) is 30.4 Å². The van der Waals surface area contributed by atoms with Gasteiger partial charge in [0.2, 0.25) is 0 Å². The summed E-state index contributed by atoms with van der Waals surface area (Å²) in [6, 6.07) is 8.98. The number of hydrogen-bond acceptors (Lipinski definition) is 2. The molecular weight excluding hydrogens is 296 g/mol. The largest absolute Gasteiger partial charge is 0.373 e. The molecule has 1 aliphatic rings. The second-order valence-corrected chi connectivity index (χ2v) is 7.18. The summed E-state index contributed by atoms with van der Waals surface area (Å²) in [5.41, 5.74) is 2.71. The van der Waals surface area contributed by atoms with Crippen molar-refractivity contribution in [3.8, 4) is 0 Å². The molecule has 0 aliphatic carbocycles. The van der Waals surface area contributed by atoms with E-state index in [1.807, 2.05) is 0 Å². The quantitative estimate of drug-likeness (QED) is 0.447. The molecule has 2 atom stereocenters. The van der Waals surface area contributed by atoms with E-state index in [0.717, 1.165) is 13.0 Å². The van der Waals surface area contributed by atoms with Crippen molar-refractivity contribution in [2.75, 3.05) is 13.2 Å².